The third kappa shape index (κ3) is 3.47. The van der Waals surface area contributed by atoms with Crippen LogP contribution in [0.3, 0.4) is 0 Å². The summed E-state index contributed by atoms with van der Waals surface area (Å²) in [6.07, 6.45) is 8.36. The highest BCUT2D eigenvalue weighted by Gasteiger charge is 2.32. The predicted molar refractivity (Wildman–Crippen MR) is 57.3 cm³/mol. The minimum absolute atomic E-state index is 0.835. The molecule has 2 saturated carbocycles. The summed E-state index contributed by atoms with van der Waals surface area (Å²) in [7, 11) is 0. The largest absolute Gasteiger partial charge is 0.300 e. The van der Waals surface area contributed by atoms with E-state index in [2.05, 4.69) is 4.90 Å². The first-order valence-electron chi connectivity index (χ1n) is 5.70. The van der Waals surface area contributed by atoms with E-state index in [1.807, 2.05) is 0 Å². The molecule has 0 unspecified atom stereocenters. The van der Waals surface area contributed by atoms with Gasteiger partial charge in [0.25, 0.3) is 0 Å². The predicted octanol–water partition coefficient (Wildman–Crippen LogP) is 2.88. The van der Waals surface area contributed by atoms with Crippen LogP contribution in [0.15, 0.2) is 0 Å². The summed E-state index contributed by atoms with van der Waals surface area (Å²) in [5.41, 5.74) is 0. The molecule has 2 aliphatic rings. The first-order chi connectivity index (χ1) is 6.40. The smallest absolute Gasteiger partial charge is 0.0223 e. The highest BCUT2D eigenvalue weighted by molar-refractivity contribution is 6.17. The van der Waals surface area contributed by atoms with Crippen molar-refractivity contribution in [1.82, 2.24) is 4.90 Å². The van der Waals surface area contributed by atoms with Crippen molar-refractivity contribution in [3.05, 3.63) is 0 Å². The fourth-order valence-corrected chi connectivity index (χ4v) is 2.09. The van der Waals surface area contributed by atoms with Crippen molar-refractivity contribution >= 4 is 11.6 Å². The summed E-state index contributed by atoms with van der Waals surface area (Å²) >= 11 is 5.68. The van der Waals surface area contributed by atoms with E-state index >= 15 is 0 Å². The van der Waals surface area contributed by atoms with Gasteiger partial charge < -0.3 is 4.90 Å². The number of rotatable bonds is 7. The van der Waals surface area contributed by atoms with E-state index in [4.69, 9.17) is 11.6 Å². The molecule has 0 atom stereocenters. The Morgan fingerprint density at radius 2 is 1.85 bits per heavy atom. The quantitative estimate of drug-likeness (QED) is 0.452. The SMILES string of the molecule is ClCCCCN(CC1CC1)C1CC1. The van der Waals surface area contributed by atoms with Crippen molar-refractivity contribution in [2.75, 3.05) is 19.0 Å². The van der Waals surface area contributed by atoms with Crippen LogP contribution in [-0.2, 0) is 0 Å². The summed E-state index contributed by atoms with van der Waals surface area (Å²) < 4.78 is 0. The van der Waals surface area contributed by atoms with Crippen molar-refractivity contribution in [1.29, 1.82) is 0 Å². The Morgan fingerprint density at radius 3 is 2.38 bits per heavy atom. The zero-order chi connectivity index (χ0) is 9.10. The zero-order valence-corrected chi connectivity index (χ0v) is 9.10. The maximum atomic E-state index is 5.68. The van der Waals surface area contributed by atoms with Gasteiger partial charge in [-0.2, -0.15) is 0 Å². The molecule has 0 aliphatic heterocycles. The standard InChI is InChI=1S/C11H20ClN/c12-7-1-2-8-13(11-5-6-11)9-10-3-4-10/h10-11H,1-9H2. The number of unbranched alkanes of at least 4 members (excludes halogenated alkanes) is 1. The monoisotopic (exact) mass is 201 g/mol. The van der Waals surface area contributed by atoms with Crippen LogP contribution >= 0.6 is 11.6 Å². The average Bonchev–Trinajstić information content (AvgIpc) is 2.98. The van der Waals surface area contributed by atoms with Crippen molar-refractivity contribution < 1.29 is 0 Å². The molecule has 0 radical (unpaired) electrons. The van der Waals surface area contributed by atoms with Gasteiger partial charge >= 0.3 is 0 Å². The molecule has 1 nitrogen and oxygen atoms in total. The lowest BCUT2D eigenvalue weighted by Crippen LogP contribution is -2.29. The van der Waals surface area contributed by atoms with Crippen LogP contribution in [0.25, 0.3) is 0 Å². The van der Waals surface area contributed by atoms with E-state index in [0.29, 0.717) is 0 Å². The van der Waals surface area contributed by atoms with Gasteiger partial charge in [-0.05, 0) is 51.0 Å². The maximum absolute atomic E-state index is 5.68. The molecule has 2 aliphatic carbocycles. The summed E-state index contributed by atoms with van der Waals surface area (Å²) in [4.78, 5) is 2.71. The van der Waals surface area contributed by atoms with Gasteiger partial charge in [-0.1, -0.05) is 0 Å². The molecule has 0 aromatic carbocycles. The number of hydrogen-bond donors (Lipinski definition) is 0. The number of hydrogen-bond acceptors (Lipinski definition) is 1. The molecule has 13 heavy (non-hydrogen) atoms. The van der Waals surface area contributed by atoms with Crippen LogP contribution in [-0.4, -0.2) is 29.9 Å². The molecule has 0 spiro atoms. The molecular formula is C11H20ClN. The van der Waals surface area contributed by atoms with Crippen LogP contribution in [0.5, 0.6) is 0 Å². The minimum Gasteiger partial charge on any atom is -0.300 e. The van der Waals surface area contributed by atoms with Gasteiger partial charge in [0.05, 0.1) is 0 Å². The number of halogens is 1. The molecule has 76 valence electrons. The fourth-order valence-electron chi connectivity index (χ4n) is 1.90. The first kappa shape index (κ1) is 9.79. The van der Waals surface area contributed by atoms with Crippen LogP contribution in [0.2, 0.25) is 0 Å². The van der Waals surface area contributed by atoms with E-state index in [0.717, 1.165) is 17.8 Å². The van der Waals surface area contributed by atoms with Crippen molar-refractivity contribution in [3.8, 4) is 0 Å². The van der Waals surface area contributed by atoms with E-state index in [9.17, 15) is 0 Å². The molecular weight excluding hydrogens is 182 g/mol. The van der Waals surface area contributed by atoms with Crippen molar-refractivity contribution in [3.63, 3.8) is 0 Å². The van der Waals surface area contributed by atoms with Crippen molar-refractivity contribution in [2.24, 2.45) is 5.92 Å². The molecule has 0 aromatic rings. The zero-order valence-electron chi connectivity index (χ0n) is 8.34. The van der Waals surface area contributed by atoms with Gasteiger partial charge in [0.1, 0.15) is 0 Å². The molecule has 2 rings (SSSR count). The summed E-state index contributed by atoms with van der Waals surface area (Å²) in [6.45, 7) is 2.68. The summed E-state index contributed by atoms with van der Waals surface area (Å²) in [6, 6.07) is 0.955. The van der Waals surface area contributed by atoms with Gasteiger partial charge in [-0.15, -0.1) is 11.6 Å². The second-order valence-electron chi connectivity index (χ2n) is 4.57. The molecule has 0 amide bonds. The lowest BCUT2D eigenvalue weighted by atomic mass is 10.3. The second kappa shape index (κ2) is 4.65. The van der Waals surface area contributed by atoms with E-state index in [1.54, 1.807) is 0 Å². The molecule has 0 bridgehead atoms. The molecule has 0 heterocycles. The normalized spacial score (nSPS) is 22.6. The van der Waals surface area contributed by atoms with E-state index < -0.39 is 0 Å². The second-order valence-corrected chi connectivity index (χ2v) is 4.94. The van der Waals surface area contributed by atoms with Gasteiger partial charge in [0, 0.05) is 18.5 Å². The summed E-state index contributed by atoms with van der Waals surface area (Å²) in [5, 5.41) is 0. The van der Waals surface area contributed by atoms with E-state index in [-0.39, 0.29) is 0 Å². The lowest BCUT2D eigenvalue weighted by Gasteiger charge is -2.21. The molecule has 2 fully saturated rings. The number of nitrogens with zero attached hydrogens (tertiary/aromatic N) is 1. The van der Waals surface area contributed by atoms with E-state index in [1.165, 1.54) is 51.6 Å². The minimum atomic E-state index is 0.835. The van der Waals surface area contributed by atoms with Crippen LogP contribution < -0.4 is 0 Å². The Labute approximate surface area is 86.4 Å². The third-order valence-electron chi connectivity index (χ3n) is 3.08. The lowest BCUT2D eigenvalue weighted by molar-refractivity contribution is 0.249. The van der Waals surface area contributed by atoms with Gasteiger partial charge in [0.2, 0.25) is 0 Å². The highest BCUT2D eigenvalue weighted by Crippen LogP contribution is 2.34. The number of alkyl halides is 1. The Balaban J connectivity index is 1.63. The first-order valence-corrected chi connectivity index (χ1v) is 6.23. The van der Waals surface area contributed by atoms with Crippen LogP contribution in [0.1, 0.15) is 38.5 Å². The Kier molecular flexibility index (Phi) is 3.51. The van der Waals surface area contributed by atoms with Crippen molar-refractivity contribution in [2.45, 2.75) is 44.6 Å². The molecule has 2 heteroatoms. The average molecular weight is 202 g/mol. The Hall–Kier alpha value is 0.250. The maximum Gasteiger partial charge on any atom is 0.0223 e. The van der Waals surface area contributed by atoms with Gasteiger partial charge in [0.15, 0.2) is 0 Å². The third-order valence-corrected chi connectivity index (χ3v) is 3.35. The fraction of sp³-hybridized carbons (Fsp3) is 1.00. The Morgan fingerprint density at radius 1 is 1.08 bits per heavy atom. The topological polar surface area (TPSA) is 3.24 Å². The molecule has 0 aromatic heterocycles. The van der Waals surface area contributed by atoms with Crippen LogP contribution in [0, 0.1) is 5.92 Å². The summed E-state index contributed by atoms with van der Waals surface area (Å²) in [5.74, 6) is 1.89. The van der Waals surface area contributed by atoms with Gasteiger partial charge in [-0.3, -0.25) is 0 Å². The molecule has 0 N–H and O–H groups in total. The van der Waals surface area contributed by atoms with Crippen LogP contribution in [0.4, 0.5) is 0 Å². The molecule has 0 saturated heterocycles. The highest BCUT2D eigenvalue weighted by atomic mass is 35.5. The van der Waals surface area contributed by atoms with Gasteiger partial charge in [-0.25, -0.2) is 0 Å². The Bertz CT molecular complexity index is 152.